The van der Waals surface area contributed by atoms with E-state index in [1.807, 2.05) is 19.0 Å². The fraction of sp³-hybridized carbons (Fsp3) is 0.562. The summed E-state index contributed by atoms with van der Waals surface area (Å²) >= 11 is 0. The summed E-state index contributed by atoms with van der Waals surface area (Å²) in [4.78, 5) is 18.2. The topological polar surface area (TPSA) is 26.8 Å². The number of hydrogen-bond donors (Lipinski definition) is 0. The van der Waals surface area contributed by atoms with E-state index in [-0.39, 0.29) is 6.03 Å². The van der Waals surface area contributed by atoms with Gasteiger partial charge in [-0.2, -0.15) is 0 Å². The maximum absolute atomic E-state index is 12.0. The molecular weight excluding hydrogens is 250 g/mol. The summed E-state index contributed by atoms with van der Waals surface area (Å²) < 4.78 is 0. The van der Waals surface area contributed by atoms with Gasteiger partial charge < -0.3 is 9.80 Å². The maximum Gasteiger partial charge on any atom is 0.319 e. The summed E-state index contributed by atoms with van der Waals surface area (Å²) in [5.41, 5.74) is 1.38. The minimum Gasteiger partial charge on any atom is -0.331 e. The molecule has 0 saturated carbocycles. The number of carbonyl (C=O) groups is 1. The lowest BCUT2D eigenvalue weighted by Gasteiger charge is -2.24. The monoisotopic (exact) mass is 273 g/mol. The number of rotatable bonds is 2. The normalized spacial score (nSPS) is 25.8. The summed E-state index contributed by atoms with van der Waals surface area (Å²) in [6.07, 6.45) is 0. The number of nitrogens with zero attached hydrogens (tertiary/aromatic N) is 3. The summed E-state index contributed by atoms with van der Waals surface area (Å²) in [5.74, 6) is 1.31. The Morgan fingerprint density at radius 2 is 1.70 bits per heavy atom. The van der Waals surface area contributed by atoms with Gasteiger partial charge in [0.05, 0.1) is 0 Å². The molecule has 0 spiro atoms. The van der Waals surface area contributed by atoms with E-state index in [0.29, 0.717) is 11.8 Å². The molecule has 1 aromatic carbocycles. The number of amides is 2. The minimum atomic E-state index is 0.161. The highest BCUT2D eigenvalue weighted by atomic mass is 16.2. The van der Waals surface area contributed by atoms with Crippen LogP contribution in [-0.4, -0.2) is 61.0 Å². The van der Waals surface area contributed by atoms with Crippen LogP contribution in [0.2, 0.25) is 0 Å². The van der Waals surface area contributed by atoms with Crippen LogP contribution in [0, 0.1) is 11.8 Å². The van der Waals surface area contributed by atoms with Gasteiger partial charge in [-0.25, -0.2) is 4.79 Å². The van der Waals surface area contributed by atoms with Crippen molar-refractivity contribution in [3.63, 3.8) is 0 Å². The molecule has 0 bridgehead atoms. The molecule has 0 radical (unpaired) electrons. The predicted octanol–water partition coefficient (Wildman–Crippen LogP) is 1.73. The third-order valence-electron chi connectivity index (χ3n) is 4.46. The second-order valence-corrected chi connectivity index (χ2v) is 6.28. The number of likely N-dealkylation sites (tertiary alicyclic amines) is 2. The van der Waals surface area contributed by atoms with E-state index in [9.17, 15) is 4.79 Å². The van der Waals surface area contributed by atoms with Gasteiger partial charge in [-0.05, 0) is 17.4 Å². The Bertz CT molecular complexity index is 460. The van der Waals surface area contributed by atoms with Crippen molar-refractivity contribution in [3.8, 4) is 0 Å². The van der Waals surface area contributed by atoms with Crippen LogP contribution in [0.5, 0.6) is 0 Å². The summed E-state index contributed by atoms with van der Waals surface area (Å²) in [7, 11) is 3.66. The number of fused-ring (bicyclic) bond motifs is 1. The third-order valence-corrected chi connectivity index (χ3v) is 4.46. The average molecular weight is 273 g/mol. The Hall–Kier alpha value is -1.55. The molecule has 2 saturated heterocycles. The van der Waals surface area contributed by atoms with Gasteiger partial charge in [-0.1, -0.05) is 30.3 Å². The van der Waals surface area contributed by atoms with Crippen molar-refractivity contribution < 1.29 is 4.79 Å². The van der Waals surface area contributed by atoms with E-state index >= 15 is 0 Å². The molecular formula is C16H23N3O. The number of carbonyl (C=O) groups excluding carboxylic acids is 1. The van der Waals surface area contributed by atoms with Crippen LogP contribution in [0.1, 0.15) is 5.56 Å². The number of hydrogen-bond acceptors (Lipinski definition) is 2. The molecule has 2 unspecified atom stereocenters. The molecule has 2 atom stereocenters. The lowest BCUT2D eigenvalue weighted by molar-refractivity contribution is 0.173. The van der Waals surface area contributed by atoms with Gasteiger partial charge in [0, 0.05) is 46.8 Å². The van der Waals surface area contributed by atoms with Crippen LogP contribution in [0.4, 0.5) is 4.79 Å². The smallest absolute Gasteiger partial charge is 0.319 e. The Kier molecular flexibility index (Phi) is 3.66. The van der Waals surface area contributed by atoms with E-state index in [1.54, 1.807) is 4.90 Å². The van der Waals surface area contributed by atoms with Crippen LogP contribution >= 0.6 is 0 Å². The van der Waals surface area contributed by atoms with Gasteiger partial charge in [-0.15, -0.1) is 0 Å². The van der Waals surface area contributed by atoms with Gasteiger partial charge in [0.2, 0.25) is 0 Å². The van der Waals surface area contributed by atoms with Crippen LogP contribution in [-0.2, 0) is 6.54 Å². The summed E-state index contributed by atoms with van der Waals surface area (Å²) in [6.45, 7) is 5.13. The van der Waals surface area contributed by atoms with Crippen molar-refractivity contribution >= 4 is 6.03 Å². The first-order chi connectivity index (χ1) is 9.63. The molecule has 0 aromatic heterocycles. The van der Waals surface area contributed by atoms with E-state index in [1.165, 1.54) is 5.56 Å². The second kappa shape index (κ2) is 5.44. The minimum absolute atomic E-state index is 0.161. The zero-order valence-corrected chi connectivity index (χ0v) is 12.3. The van der Waals surface area contributed by atoms with Crippen molar-refractivity contribution in [1.82, 2.24) is 14.7 Å². The van der Waals surface area contributed by atoms with Gasteiger partial charge >= 0.3 is 6.03 Å². The lowest BCUT2D eigenvalue weighted by Crippen LogP contribution is -2.39. The fourth-order valence-corrected chi connectivity index (χ4v) is 3.50. The van der Waals surface area contributed by atoms with E-state index in [4.69, 9.17) is 0 Å². The first-order valence-electron chi connectivity index (χ1n) is 7.36. The van der Waals surface area contributed by atoms with Crippen molar-refractivity contribution in [2.75, 3.05) is 40.3 Å². The lowest BCUT2D eigenvalue weighted by atomic mass is 10.0. The SMILES string of the molecule is CN(C)C(=O)N1CC2CN(Cc3ccccc3)CC2C1. The van der Waals surface area contributed by atoms with Crippen molar-refractivity contribution in [3.05, 3.63) is 35.9 Å². The largest absolute Gasteiger partial charge is 0.331 e. The molecule has 3 rings (SSSR count). The van der Waals surface area contributed by atoms with Crippen molar-refractivity contribution in [2.24, 2.45) is 11.8 Å². The Balaban J connectivity index is 1.55. The molecule has 2 aliphatic rings. The van der Waals surface area contributed by atoms with Crippen LogP contribution in [0.15, 0.2) is 30.3 Å². The van der Waals surface area contributed by atoms with Gasteiger partial charge in [0.1, 0.15) is 0 Å². The van der Waals surface area contributed by atoms with Crippen molar-refractivity contribution in [2.45, 2.75) is 6.54 Å². The first kappa shape index (κ1) is 13.4. The molecule has 2 aliphatic heterocycles. The Morgan fingerprint density at radius 1 is 1.10 bits per heavy atom. The van der Waals surface area contributed by atoms with E-state index in [0.717, 1.165) is 32.7 Å². The number of benzene rings is 1. The third kappa shape index (κ3) is 2.66. The van der Waals surface area contributed by atoms with Gasteiger partial charge in [-0.3, -0.25) is 4.90 Å². The first-order valence-corrected chi connectivity index (χ1v) is 7.36. The zero-order valence-electron chi connectivity index (χ0n) is 12.3. The standard InChI is InChI=1S/C16H23N3O/c1-17(2)16(20)19-11-14-9-18(10-15(14)12-19)8-13-6-4-3-5-7-13/h3-7,14-15H,8-12H2,1-2H3. The summed E-state index contributed by atoms with van der Waals surface area (Å²) in [5, 5.41) is 0. The highest BCUT2D eigenvalue weighted by Gasteiger charge is 2.41. The Morgan fingerprint density at radius 3 is 2.25 bits per heavy atom. The molecule has 0 N–H and O–H groups in total. The molecule has 4 heteroatoms. The zero-order chi connectivity index (χ0) is 14.1. The molecule has 2 amide bonds. The Labute approximate surface area is 121 Å². The number of urea groups is 1. The fourth-order valence-electron chi connectivity index (χ4n) is 3.50. The molecule has 1 aromatic rings. The maximum atomic E-state index is 12.0. The molecule has 108 valence electrons. The summed E-state index contributed by atoms with van der Waals surface area (Å²) in [6, 6.07) is 10.8. The molecule has 2 heterocycles. The molecule has 2 fully saturated rings. The van der Waals surface area contributed by atoms with E-state index < -0.39 is 0 Å². The molecule has 20 heavy (non-hydrogen) atoms. The van der Waals surface area contributed by atoms with E-state index in [2.05, 4.69) is 35.2 Å². The van der Waals surface area contributed by atoms with Crippen LogP contribution in [0.3, 0.4) is 0 Å². The average Bonchev–Trinajstić information content (AvgIpc) is 2.96. The van der Waals surface area contributed by atoms with Crippen molar-refractivity contribution in [1.29, 1.82) is 0 Å². The van der Waals surface area contributed by atoms with Gasteiger partial charge in [0.15, 0.2) is 0 Å². The second-order valence-electron chi connectivity index (χ2n) is 6.28. The predicted molar refractivity (Wildman–Crippen MR) is 79.4 cm³/mol. The molecule has 0 aliphatic carbocycles. The van der Waals surface area contributed by atoms with Crippen LogP contribution < -0.4 is 0 Å². The van der Waals surface area contributed by atoms with Crippen LogP contribution in [0.25, 0.3) is 0 Å². The molecule has 4 nitrogen and oxygen atoms in total. The highest BCUT2D eigenvalue weighted by molar-refractivity contribution is 5.74. The highest BCUT2D eigenvalue weighted by Crippen LogP contribution is 2.32. The van der Waals surface area contributed by atoms with Gasteiger partial charge in [0.25, 0.3) is 0 Å². The quantitative estimate of drug-likeness (QED) is 0.820.